The largest absolute Gasteiger partial charge is 0.377 e. The van der Waals surface area contributed by atoms with Crippen molar-refractivity contribution >= 4 is 49.1 Å². The highest BCUT2D eigenvalue weighted by atomic mass is 35.5. The number of hydrogen-bond acceptors (Lipinski definition) is 5. The number of sulfonamides is 1. The molecule has 0 N–H and O–H groups in total. The molecule has 2 heterocycles. The van der Waals surface area contributed by atoms with Gasteiger partial charge in [0.15, 0.2) is 4.80 Å². The van der Waals surface area contributed by atoms with E-state index in [9.17, 15) is 13.2 Å². The molecular weight excluding hydrogens is 482 g/mol. The molecule has 10 heteroatoms. The van der Waals surface area contributed by atoms with Crippen LogP contribution in [0.3, 0.4) is 0 Å². The molecule has 7 nitrogen and oxygen atoms in total. The van der Waals surface area contributed by atoms with Gasteiger partial charge in [0.2, 0.25) is 10.0 Å². The van der Waals surface area contributed by atoms with Gasteiger partial charge in [-0.05, 0) is 61.7 Å². The van der Waals surface area contributed by atoms with Crippen LogP contribution in [0.15, 0.2) is 52.4 Å². The standard InChI is InChI=1S/C23H26ClN3O4S2/c1-3-12-27-20-11-8-17(24)14-21(20)32-23(27)25-22(28)16-6-9-19(10-7-16)33(29,30)26(2)15-18-5-4-13-31-18/h6-11,14,18H,3-5,12-13,15H2,1-2H3. The first kappa shape index (κ1) is 24.1. The second kappa shape index (κ2) is 10.1. The number of ether oxygens (including phenoxy) is 1. The number of fused-ring (bicyclic) bond motifs is 1. The maximum absolute atomic E-state index is 12.9. The maximum Gasteiger partial charge on any atom is 0.279 e. The van der Waals surface area contributed by atoms with Gasteiger partial charge in [0.1, 0.15) is 0 Å². The summed E-state index contributed by atoms with van der Waals surface area (Å²) >= 11 is 7.52. The van der Waals surface area contributed by atoms with Gasteiger partial charge in [-0.1, -0.05) is 29.9 Å². The zero-order valence-electron chi connectivity index (χ0n) is 18.5. The van der Waals surface area contributed by atoms with Crippen molar-refractivity contribution in [2.24, 2.45) is 4.99 Å². The third-order valence-corrected chi connectivity index (χ3v) is 8.70. The molecular formula is C23H26ClN3O4S2. The van der Waals surface area contributed by atoms with Crippen molar-refractivity contribution in [2.75, 3.05) is 20.2 Å². The highest BCUT2D eigenvalue weighted by molar-refractivity contribution is 7.89. The maximum atomic E-state index is 12.9. The van der Waals surface area contributed by atoms with Gasteiger partial charge < -0.3 is 9.30 Å². The predicted octanol–water partition coefficient (Wildman–Crippen LogP) is 4.31. The van der Waals surface area contributed by atoms with Crippen molar-refractivity contribution in [3.8, 4) is 0 Å². The summed E-state index contributed by atoms with van der Waals surface area (Å²) in [5, 5.41) is 0.631. The number of hydrogen-bond donors (Lipinski definition) is 0. The molecule has 1 aliphatic heterocycles. The Morgan fingerprint density at radius 1 is 1.27 bits per heavy atom. The van der Waals surface area contributed by atoms with E-state index < -0.39 is 15.9 Å². The van der Waals surface area contributed by atoms with Crippen LogP contribution in [0.1, 0.15) is 36.5 Å². The Kier molecular flexibility index (Phi) is 7.35. The van der Waals surface area contributed by atoms with Crippen molar-refractivity contribution < 1.29 is 17.9 Å². The van der Waals surface area contributed by atoms with Crippen LogP contribution in [-0.2, 0) is 21.3 Å². The van der Waals surface area contributed by atoms with Crippen LogP contribution < -0.4 is 4.80 Å². The number of benzene rings is 2. The summed E-state index contributed by atoms with van der Waals surface area (Å²) < 4.78 is 35.6. The van der Waals surface area contributed by atoms with E-state index in [-0.39, 0.29) is 11.0 Å². The number of thiazole rings is 1. The molecule has 0 radical (unpaired) electrons. The summed E-state index contributed by atoms with van der Waals surface area (Å²) in [5.41, 5.74) is 1.31. The number of carbonyl (C=O) groups excluding carboxylic acids is 1. The van der Waals surface area contributed by atoms with E-state index in [0.717, 1.165) is 36.0 Å². The van der Waals surface area contributed by atoms with Gasteiger partial charge in [0.05, 0.1) is 21.2 Å². The molecule has 176 valence electrons. The molecule has 0 saturated carbocycles. The van der Waals surface area contributed by atoms with E-state index in [1.807, 2.05) is 22.8 Å². The predicted molar refractivity (Wildman–Crippen MR) is 130 cm³/mol. The minimum absolute atomic E-state index is 0.0737. The van der Waals surface area contributed by atoms with Crippen LogP contribution >= 0.6 is 22.9 Å². The fraction of sp³-hybridized carbons (Fsp3) is 0.391. The highest BCUT2D eigenvalue weighted by Crippen LogP contribution is 2.23. The summed E-state index contributed by atoms with van der Waals surface area (Å²) in [4.78, 5) is 17.9. The molecule has 4 rings (SSSR count). The second-order valence-corrected chi connectivity index (χ2v) is 11.5. The summed E-state index contributed by atoms with van der Waals surface area (Å²) in [6.07, 6.45) is 2.62. The van der Waals surface area contributed by atoms with Gasteiger partial charge in [-0.2, -0.15) is 9.30 Å². The lowest BCUT2D eigenvalue weighted by Gasteiger charge is -2.20. The molecule has 3 aromatic rings. The summed E-state index contributed by atoms with van der Waals surface area (Å²) in [5.74, 6) is -0.422. The first-order valence-electron chi connectivity index (χ1n) is 10.9. The first-order chi connectivity index (χ1) is 15.8. The van der Waals surface area contributed by atoms with Crippen LogP contribution in [0, 0.1) is 0 Å². The van der Waals surface area contributed by atoms with E-state index in [0.29, 0.717) is 28.5 Å². The zero-order valence-corrected chi connectivity index (χ0v) is 20.9. The lowest BCUT2D eigenvalue weighted by Crippen LogP contribution is -2.34. The molecule has 1 unspecified atom stereocenters. The van der Waals surface area contributed by atoms with Crippen molar-refractivity contribution in [1.82, 2.24) is 8.87 Å². The van der Waals surface area contributed by atoms with Gasteiger partial charge in [-0.3, -0.25) is 4.79 Å². The Bertz CT molecular complexity index is 1320. The third kappa shape index (κ3) is 5.22. The molecule has 0 spiro atoms. The number of likely N-dealkylation sites (N-methyl/N-ethyl adjacent to an activating group) is 1. The average molecular weight is 508 g/mol. The average Bonchev–Trinajstić information content (AvgIpc) is 3.42. The second-order valence-electron chi connectivity index (χ2n) is 8.01. The van der Waals surface area contributed by atoms with Gasteiger partial charge in [0.25, 0.3) is 5.91 Å². The molecule has 0 bridgehead atoms. The lowest BCUT2D eigenvalue weighted by molar-refractivity contribution is 0.0979. The third-order valence-electron chi connectivity index (χ3n) is 5.58. The number of aryl methyl sites for hydroxylation is 1. The van der Waals surface area contributed by atoms with Gasteiger partial charge in [0, 0.05) is 37.3 Å². The molecule has 1 aliphatic rings. The Hall–Kier alpha value is -2.04. The van der Waals surface area contributed by atoms with Crippen LogP contribution in [0.4, 0.5) is 0 Å². The SMILES string of the molecule is CCCn1c(=NC(=O)c2ccc(S(=O)(=O)N(C)CC3CCCO3)cc2)sc2cc(Cl)ccc21. The van der Waals surface area contributed by atoms with E-state index in [2.05, 4.69) is 11.9 Å². The minimum Gasteiger partial charge on any atom is -0.377 e. The molecule has 1 atom stereocenters. The van der Waals surface area contributed by atoms with Crippen LogP contribution in [0.5, 0.6) is 0 Å². The molecule has 1 fully saturated rings. The lowest BCUT2D eigenvalue weighted by atomic mass is 10.2. The summed E-state index contributed by atoms with van der Waals surface area (Å²) in [6.45, 7) is 3.77. The molecule has 2 aromatic carbocycles. The molecule has 1 amide bonds. The van der Waals surface area contributed by atoms with Crippen LogP contribution in [0.25, 0.3) is 10.2 Å². The number of carbonyl (C=O) groups is 1. The van der Waals surface area contributed by atoms with Crippen molar-refractivity contribution in [3.05, 3.63) is 57.9 Å². The smallest absolute Gasteiger partial charge is 0.279 e. The van der Waals surface area contributed by atoms with Gasteiger partial charge >= 0.3 is 0 Å². The molecule has 1 saturated heterocycles. The summed E-state index contributed by atoms with van der Waals surface area (Å²) in [7, 11) is -2.12. The minimum atomic E-state index is -3.67. The molecule has 1 aromatic heterocycles. The fourth-order valence-corrected chi connectivity index (χ4v) is 6.38. The number of rotatable bonds is 7. The Labute approximate surface area is 202 Å². The van der Waals surface area contributed by atoms with Crippen molar-refractivity contribution in [2.45, 2.75) is 43.7 Å². The normalized spacial score (nSPS) is 17.3. The number of amides is 1. The first-order valence-corrected chi connectivity index (χ1v) is 13.5. The van der Waals surface area contributed by atoms with Crippen molar-refractivity contribution in [1.29, 1.82) is 0 Å². The molecule has 33 heavy (non-hydrogen) atoms. The van der Waals surface area contributed by atoms with E-state index in [4.69, 9.17) is 16.3 Å². The van der Waals surface area contributed by atoms with Gasteiger partial charge in [-0.15, -0.1) is 0 Å². The monoisotopic (exact) mass is 507 g/mol. The number of halogens is 1. The topological polar surface area (TPSA) is 81.0 Å². The van der Waals surface area contributed by atoms with Crippen LogP contribution in [-0.4, -0.2) is 49.5 Å². The Balaban J connectivity index is 1.59. The van der Waals surface area contributed by atoms with Crippen molar-refractivity contribution in [3.63, 3.8) is 0 Å². The van der Waals surface area contributed by atoms with E-state index in [1.54, 1.807) is 7.05 Å². The Morgan fingerprint density at radius 3 is 2.70 bits per heavy atom. The van der Waals surface area contributed by atoms with Gasteiger partial charge in [-0.25, -0.2) is 8.42 Å². The zero-order chi connectivity index (χ0) is 23.6. The Morgan fingerprint density at radius 2 is 2.03 bits per heavy atom. The van der Waals surface area contributed by atoms with Crippen LogP contribution in [0.2, 0.25) is 5.02 Å². The van der Waals surface area contributed by atoms with E-state index >= 15 is 0 Å². The molecule has 0 aliphatic carbocycles. The quantitative estimate of drug-likeness (QED) is 0.477. The number of aromatic nitrogens is 1. The number of nitrogens with zero attached hydrogens (tertiary/aromatic N) is 3. The van der Waals surface area contributed by atoms with E-state index in [1.165, 1.54) is 39.9 Å². The highest BCUT2D eigenvalue weighted by Gasteiger charge is 2.26. The fourth-order valence-electron chi connectivity index (χ4n) is 3.85. The summed E-state index contributed by atoms with van der Waals surface area (Å²) in [6, 6.07) is 11.5.